The Morgan fingerprint density at radius 2 is 2.00 bits per heavy atom. The van der Waals surface area contributed by atoms with Crippen LogP contribution in [-0.2, 0) is 9.53 Å². The van der Waals surface area contributed by atoms with Crippen molar-refractivity contribution in [2.75, 3.05) is 45.9 Å². The minimum absolute atomic E-state index is 0.215. The third-order valence-corrected chi connectivity index (χ3v) is 5.64. The smallest absolute Gasteiger partial charge is 0.236 e. The highest BCUT2D eigenvalue weighted by molar-refractivity contribution is 5.78. The van der Waals surface area contributed by atoms with Crippen LogP contribution < -0.4 is 0 Å². The molecule has 0 saturated carbocycles. The first-order valence-corrected chi connectivity index (χ1v) is 10.2. The van der Waals surface area contributed by atoms with E-state index in [4.69, 9.17) is 9.72 Å². The molecule has 1 amide bonds. The van der Waals surface area contributed by atoms with E-state index in [1.165, 1.54) is 5.56 Å². The molecular weight excluding hydrogens is 352 g/mol. The van der Waals surface area contributed by atoms with Crippen molar-refractivity contribution in [3.63, 3.8) is 0 Å². The molecule has 28 heavy (non-hydrogen) atoms. The molecule has 2 aliphatic heterocycles. The van der Waals surface area contributed by atoms with Crippen LogP contribution in [0.5, 0.6) is 0 Å². The number of carbonyl (C=O) groups is 1. The number of ether oxygens (including phenoxy) is 1. The van der Waals surface area contributed by atoms with Gasteiger partial charge in [-0.25, -0.2) is 0 Å². The monoisotopic (exact) mass is 380 g/mol. The Hall–Kier alpha value is -2.31. The molecule has 1 aromatic heterocycles. The van der Waals surface area contributed by atoms with Crippen LogP contribution in [-0.4, -0.2) is 71.6 Å². The van der Waals surface area contributed by atoms with E-state index >= 15 is 0 Å². The molecule has 0 N–H and O–H groups in total. The van der Waals surface area contributed by atoms with Gasteiger partial charge in [0.05, 0.1) is 31.1 Å². The Kier molecular flexibility index (Phi) is 5.98. The van der Waals surface area contributed by atoms with Crippen LogP contribution in [0.4, 0.5) is 0 Å². The quantitative estimate of drug-likeness (QED) is 0.816. The second-order valence-corrected chi connectivity index (χ2v) is 7.73. The van der Waals surface area contributed by atoms with Gasteiger partial charge < -0.3 is 9.64 Å². The van der Waals surface area contributed by atoms with Crippen molar-refractivity contribution in [3.05, 3.63) is 47.9 Å². The summed E-state index contributed by atoms with van der Waals surface area (Å²) in [5.41, 5.74) is 4.26. The van der Waals surface area contributed by atoms with E-state index in [0.29, 0.717) is 6.54 Å². The van der Waals surface area contributed by atoms with Crippen LogP contribution >= 0.6 is 0 Å². The van der Waals surface area contributed by atoms with Gasteiger partial charge in [0.25, 0.3) is 0 Å². The summed E-state index contributed by atoms with van der Waals surface area (Å²) in [4.78, 5) is 26.4. The van der Waals surface area contributed by atoms with Gasteiger partial charge in [0.1, 0.15) is 0 Å². The largest absolute Gasteiger partial charge is 0.379 e. The van der Waals surface area contributed by atoms with E-state index in [1.807, 2.05) is 4.90 Å². The number of likely N-dealkylation sites (tertiary alicyclic amines) is 1. The zero-order chi connectivity index (χ0) is 19.3. The lowest BCUT2D eigenvalue weighted by atomic mass is 9.91. The molecular formula is C22H28N4O2. The lowest BCUT2D eigenvalue weighted by molar-refractivity contribution is -0.134. The van der Waals surface area contributed by atoms with Gasteiger partial charge in [-0.3, -0.25) is 19.7 Å². The summed E-state index contributed by atoms with van der Waals surface area (Å²) in [5.74, 6) is 0.444. The van der Waals surface area contributed by atoms with Crippen molar-refractivity contribution < 1.29 is 9.53 Å². The number of nitrogens with zero attached hydrogens (tertiary/aromatic N) is 4. The second-order valence-electron chi connectivity index (χ2n) is 7.73. The molecule has 0 unspecified atom stereocenters. The topological polar surface area (TPSA) is 58.6 Å². The molecule has 6 nitrogen and oxygen atoms in total. The fraction of sp³-hybridized carbons (Fsp3) is 0.500. The van der Waals surface area contributed by atoms with Crippen molar-refractivity contribution in [2.24, 2.45) is 0 Å². The number of hydrogen-bond donors (Lipinski definition) is 0. The Labute approximate surface area is 166 Å². The molecule has 3 heterocycles. The van der Waals surface area contributed by atoms with E-state index < -0.39 is 0 Å². The van der Waals surface area contributed by atoms with E-state index in [2.05, 4.69) is 41.1 Å². The Morgan fingerprint density at radius 3 is 2.82 bits per heavy atom. The third-order valence-electron chi connectivity index (χ3n) is 5.64. The van der Waals surface area contributed by atoms with Crippen LogP contribution in [0.2, 0.25) is 0 Å². The van der Waals surface area contributed by atoms with Crippen molar-refractivity contribution in [1.29, 1.82) is 0 Å². The number of hydrogen-bond acceptors (Lipinski definition) is 5. The fourth-order valence-corrected chi connectivity index (χ4v) is 4.14. The predicted octanol–water partition coefficient (Wildman–Crippen LogP) is 2.49. The summed E-state index contributed by atoms with van der Waals surface area (Å²) < 4.78 is 5.38. The van der Waals surface area contributed by atoms with Gasteiger partial charge in [0.15, 0.2) is 0 Å². The summed E-state index contributed by atoms with van der Waals surface area (Å²) in [6.45, 7) is 7.24. The number of carbonyl (C=O) groups excluding carboxylic acids is 1. The van der Waals surface area contributed by atoms with Crippen molar-refractivity contribution in [2.45, 2.75) is 25.7 Å². The number of rotatable bonds is 4. The number of aryl methyl sites for hydroxylation is 1. The van der Waals surface area contributed by atoms with Crippen molar-refractivity contribution in [3.8, 4) is 11.3 Å². The van der Waals surface area contributed by atoms with Gasteiger partial charge in [-0.15, -0.1) is 0 Å². The van der Waals surface area contributed by atoms with E-state index in [-0.39, 0.29) is 11.8 Å². The summed E-state index contributed by atoms with van der Waals surface area (Å²) in [6.07, 6.45) is 5.57. The van der Waals surface area contributed by atoms with Crippen molar-refractivity contribution in [1.82, 2.24) is 19.8 Å². The summed E-state index contributed by atoms with van der Waals surface area (Å²) in [7, 11) is 0. The molecule has 2 aliphatic rings. The molecule has 2 saturated heterocycles. The van der Waals surface area contributed by atoms with Crippen LogP contribution in [0.15, 0.2) is 36.7 Å². The zero-order valence-corrected chi connectivity index (χ0v) is 16.5. The maximum absolute atomic E-state index is 12.9. The van der Waals surface area contributed by atoms with Crippen LogP contribution in [0.1, 0.15) is 30.0 Å². The van der Waals surface area contributed by atoms with Crippen LogP contribution in [0.3, 0.4) is 0 Å². The number of amides is 1. The Bertz CT molecular complexity index is 820. The molecule has 4 rings (SSSR count). The van der Waals surface area contributed by atoms with Crippen LogP contribution in [0, 0.1) is 6.92 Å². The third kappa shape index (κ3) is 4.39. The molecule has 1 aromatic carbocycles. The molecule has 0 radical (unpaired) electrons. The van der Waals surface area contributed by atoms with Gasteiger partial charge in [-0.2, -0.15) is 0 Å². The first kappa shape index (κ1) is 19.0. The summed E-state index contributed by atoms with van der Waals surface area (Å²) >= 11 is 0. The first-order valence-electron chi connectivity index (χ1n) is 10.2. The minimum Gasteiger partial charge on any atom is -0.379 e. The molecule has 0 bridgehead atoms. The number of morpholine rings is 1. The second kappa shape index (κ2) is 8.80. The highest BCUT2D eigenvalue weighted by atomic mass is 16.5. The van der Waals surface area contributed by atoms with Gasteiger partial charge in [0.2, 0.25) is 5.91 Å². The van der Waals surface area contributed by atoms with E-state index in [9.17, 15) is 4.79 Å². The van der Waals surface area contributed by atoms with Crippen molar-refractivity contribution >= 4 is 5.91 Å². The van der Waals surface area contributed by atoms with E-state index in [0.717, 1.165) is 69.2 Å². The number of piperidine rings is 1. The maximum Gasteiger partial charge on any atom is 0.236 e. The molecule has 0 spiro atoms. The van der Waals surface area contributed by atoms with Gasteiger partial charge in [0, 0.05) is 50.1 Å². The fourth-order valence-electron chi connectivity index (χ4n) is 4.14. The normalized spacial score (nSPS) is 20.9. The lowest BCUT2D eigenvalue weighted by Crippen LogP contribution is -2.47. The SMILES string of the molecule is Cc1cccc(-c2nccnc2[C@H]2CCCN(C(=O)CN3CCOCC3)C2)c1. The summed E-state index contributed by atoms with van der Waals surface area (Å²) in [6, 6.07) is 8.39. The van der Waals surface area contributed by atoms with Crippen LogP contribution in [0.25, 0.3) is 11.3 Å². The predicted molar refractivity (Wildman–Crippen MR) is 108 cm³/mol. The zero-order valence-electron chi connectivity index (χ0n) is 16.5. The molecule has 2 aromatic rings. The molecule has 6 heteroatoms. The van der Waals surface area contributed by atoms with E-state index in [1.54, 1.807) is 12.4 Å². The Balaban J connectivity index is 1.50. The molecule has 0 aliphatic carbocycles. The Morgan fingerprint density at radius 1 is 1.18 bits per heavy atom. The average molecular weight is 380 g/mol. The average Bonchev–Trinajstić information content (AvgIpc) is 2.74. The van der Waals surface area contributed by atoms with Gasteiger partial charge in [-0.1, -0.05) is 23.8 Å². The minimum atomic E-state index is 0.215. The van der Waals surface area contributed by atoms with Gasteiger partial charge >= 0.3 is 0 Å². The maximum atomic E-state index is 12.9. The number of aromatic nitrogens is 2. The lowest BCUT2D eigenvalue weighted by Gasteiger charge is -2.35. The summed E-state index contributed by atoms with van der Waals surface area (Å²) in [5, 5.41) is 0. The molecule has 2 fully saturated rings. The standard InChI is InChI=1S/C22H28N4O2/c1-17-4-2-5-18(14-17)21-22(24-8-7-23-21)19-6-3-9-26(15-19)20(27)16-25-10-12-28-13-11-25/h2,4-5,7-8,14,19H,3,6,9-13,15-16H2,1H3/t19-/m0/s1. The number of benzene rings is 1. The first-order chi connectivity index (χ1) is 13.7. The molecule has 1 atom stereocenters. The highest BCUT2D eigenvalue weighted by Crippen LogP contribution is 2.32. The van der Waals surface area contributed by atoms with Gasteiger partial charge in [-0.05, 0) is 25.8 Å². The molecule has 148 valence electrons. The highest BCUT2D eigenvalue weighted by Gasteiger charge is 2.29.